The molecule has 2 amide bonds. The lowest BCUT2D eigenvalue weighted by molar-refractivity contribution is -0.138. The molecule has 0 aliphatic carbocycles. The van der Waals surface area contributed by atoms with E-state index in [2.05, 4.69) is 9.97 Å². The molecule has 2 saturated heterocycles. The molecular weight excluding hydrogens is 328 g/mol. The van der Waals surface area contributed by atoms with Gasteiger partial charge in [0.25, 0.3) is 5.91 Å². The van der Waals surface area contributed by atoms with Crippen LogP contribution in [0, 0.1) is 5.41 Å². The molecule has 0 N–H and O–H groups in total. The van der Waals surface area contributed by atoms with Crippen LogP contribution >= 0.6 is 0 Å². The third-order valence-electron chi connectivity index (χ3n) is 5.50. The van der Waals surface area contributed by atoms with E-state index >= 15 is 0 Å². The second-order valence-corrected chi connectivity index (χ2v) is 7.18. The Morgan fingerprint density at radius 2 is 1.92 bits per heavy atom. The Kier molecular flexibility index (Phi) is 4.41. The van der Waals surface area contributed by atoms with Crippen LogP contribution in [0.15, 0.2) is 49.1 Å². The summed E-state index contributed by atoms with van der Waals surface area (Å²) in [5.41, 5.74) is 1.25. The first-order chi connectivity index (χ1) is 12.7. The summed E-state index contributed by atoms with van der Waals surface area (Å²) in [6.07, 6.45) is 9.28. The van der Waals surface area contributed by atoms with Gasteiger partial charge in [-0.1, -0.05) is 0 Å². The number of pyridine rings is 2. The van der Waals surface area contributed by atoms with E-state index in [4.69, 9.17) is 0 Å². The summed E-state index contributed by atoms with van der Waals surface area (Å²) >= 11 is 0. The number of carbonyl (C=O) groups excluding carboxylic acids is 2. The number of likely N-dealkylation sites (tertiary alicyclic amines) is 2. The van der Waals surface area contributed by atoms with Crippen LogP contribution in [0.5, 0.6) is 0 Å². The molecule has 134 valence electrons. The van der Waals surface area contributed by atoms with Gasteiger partial charge in [-0.15, -0.1) is 0 Å². The van der Waals surface area contributed by atoms with Crippen LogP contribution in [0.2, 0.25) is 0 Å². The Bertz CT molecular complexity index is 796. The van der Waals surface area contributed by atoms with Gasteiger partial charge in [-0.25, -0.2) is 0 Å². The first-order valence-electron chi connectivity index (χ1n) is 9.06. The summed E-state index contributed by atoms with van der Waals surface area (Å²) in [4.78, 5) is 37.7. The summed E-state index contributed by atoms with van der Waals surface area (Å²) in [6, 6.07) is 7.43. The maximum absolute atomic E-state index is 13.2. The van der Waals surface area contributed by atoms with E-state index in [1.54, 1.807) is 36.9 Å². The predicted molar refractivity (Wildman–Crippen MR) is 96.1 cm³/mol. The van der Waals surface area contributed by atoms with Crippen molar-refractivity contribution in [3.8, 4) is 0 Å². The summed E-state index contributed by atoms with van der Waals surface area (Å²) in [7, 11) is 0. The number of nitrogens with zero attached hydrogens (tertiary/aromatic N) is 4. The van der Waals surface area contributed by atoms with Gasteiger partial charge in [0.05, 0.1) is 11.0 Å². The van der Waals surface area contributed by atoms with E-state index in [-0.39, 0.29) is 11.8 Å². The quantitative estimate of drug-likeness (QED) is 0.851. The molecule has 0 saturated carbocycles. The van der Waals surface area contributed by atoms with Crippen molar-refractivity contribution in [2.75, 3.05) is 19.6 Å². The minimum absolute atomic E-state index is 0.0300. The molecule has 2 aromatic heterocycles. The summed E-state index contributed by atoms with van der Waals surface area (Å²) < 4.78 is 0. The third kappa shape index (κ3) is 3.07. The van der Waals surface area contributed by atoms with Crippen molar-refractivity contribution in [1.82, 2.24) is 19.8 Å². The molecule has 4 heterocycles. The number of carbonyl (C=O) groups is 2. The number of amides is 2. The Labute approximate surface area is 152 Å². The van der Waals surface area contributed by atoms with Crippen LogP contribution in [-0.4, -0.2) is 51.2 Å². The smallest absolute Gasteiger partial charge is 0.255 e. The molecule has 2 aliphatic rings. The van der Waals surface area contributed by atoms with Crippen LogP contribution in [0.3, 0.4) is 0 Å². The Balaban J connectivity index is 1.48. The van der Waals surface area contributed by atoms with Gasteiger partial charge < -0.3 is 9.80 Å². The van der Waals surface area contributed by atoms with E-state index in [1.807, 2.05) is 21.9 Å². The molecule has 0 aromatic carbocycles. The zero-order valence-electron chi connectivity index (χ0n) is 14.7. The minimum Gasteiger partial charge on any atom is -0.338 e. The third-order valence-corrected chi connectivity index (χ3v) is 5.50. The fourth-order valence-electron chi connectivity index (χ4n) is 4.11. The molecule has 2 aromatic rings. The molecule has 0 unspecified atom stereocenters. The average molecular weight is 350 g/mol. The van der Waals surface area contributed by atoms with Crippen LogP contribution in [0.4, 0.5) is 0 Å². The topological polar surface area (TPSA) is 66.4 Å². The van der Waals surface area contributed by atoms with Gasteiger partial charge in [-0.3, -0.25) is 19.6 Å². The van der Waals surface area contributed by atoms with Gasteiger partial charge >= 0.3 is 0 Å². The van der Waals surface area contributed by atoms with Crippen molar-refractivity contribution in [2.45, 2.75) is 25.8 Å². The highest BCUT2D eigenvalue weighted by Gasteiger charge is 2.49. The number of piperidine rings is 1. The minimum atomic E-state index is -0.427. The molecule has 4 rings (SSSR count). The maximum atomic E-state index is 13.2. The molecule has 6 nitrogen and oxygen atoms in total. The number of hydrogen-bond acceptors (Lipinski definition) is 4. The lowest BCUT2D eigenvalue weighted by Gasteiger charge is -2.39. The first kappa shape index (κ1) is 16.7. The summed E-state index contributed by atoms with van der Waals surface area (Å²) in [6.45, 7) is 2.56. The van der Waals surface area contributed by atoms with Gasteiger partial charge in [0, 0.05) is 51.0 Å². The van der Waals surface area contributed by atoms with E-state index in [0.29, 0.717) is 25.2 Å². The highest BCUT2D eigenvalue weighted by atomic mass is 16.2. The molecule has 2 fully saturated rings. The number of aromatic nitrogens is 2. The molecule has 1 atom stereocenters. The number of rotatable bonds is 3. The Morgan fingerprint density at radius 1 is 1.08 bits per heavy atom. The van der Waals surface area contributed by atoms with E-state index in [0.717, 1.165) is 31.4 Å². The van der Waals surface area contributed by atoms with Gasteiger partial charge in [-0.2, -0.15) is 0 Å². The van der Waals surface area contributed by atoms with Crippen LogP contribution in [0.1, 0.15) is 35.2 Å². The lowest BCUT2D eigenvalue weighted by atomic mass is 9.78. The molecular formula is C20H22N4O2. The zero-order chi connectivity index (χ0) is 18.0. The first-order valence-corrected chi connectivity index (χ1v) is 9.06. The summed E-state index contributed by atoms with van der Waals surface area (Å²) in [5, 5.41) is 0. The van der Waals surface area contributed by atoms with Crippen LogP contribution in [0.25, 0.3) is 0 Å². The number of hydrogen-bond donors (Lipinski definition) is 0. The zero-order valence-corrected chi connectivity index (χ0v) is 14.7. The second-order valence-electron chi connectivity index (χ2n) is 7.18. The SMILES string of the molecule is O=C(c1cccnc1)N1CCC[C@@]2(CCN(Cc3ccncc3)C2=O)C1. The monoisotopic (exact) mass is 350 g/mol. The van der Waals surface area contributed by atoms with E-state index < -0.39 is 5.41 Å². The normalized spacial score (nSPS) is 22.8. The van der Waals surface area contributed by atoms with Gasteiger partial charge in [0.15, 0.2) is 0 Å². The fourth-order valence-corrected chi connectivity index (χ4v) is 4.11. The standard InChI is InChI=1S/C20H22N4O2/c25-18(17-3-1-8-22-13-17)24-11-2-6-20(15-24)7-12-23(19(20)26)14-16-4-9-21-10-5-16/h1,3-5,8-10,13H,2,6-7,11-12,14-15H2/t20-/m1/s1. The Morgan fingerprint density at radius 3 is 2.69 bits per heavy atom. The maximum Gasteiger partial charge on any atom is 0.255 e. The fraction of sp³-hybridized carbons (Fsp3) is 0.400. The molecule has 0 bridgehead atoms. The summed E-state index contributed by atoms with van der Waals surface area (Å²) in [5.74, 6) is 0.149. The molecule has 26 heavy (non-hydrogen) atoms. The predicted octanol–water partition coefficient (Wildman–Crippen LogP) is 2.13. The van der Waals surface area contributed by atoms with Gasteiger partial charge in [0.1, 0.15) is 0 Å². The molecule has 2 aliphatic heterocycles. The van der Waals surface area contributed by atoms with E-state index in [1.165, 1.54) is 0 Å². The van der Waals surface area contributed by atoms with Crippen LogP contribution in [-0.2, 0) is 11.3 Å². The van der Waals surface area contributed by atoms with Gasteiger partial charge in [0.2, 0.25) is 5.91 Å². The van der Waals surface area contributed by atoms with Crippen molar-refractivity contribution in [3.05, 3.63) is 60.2 Å². The largest absolute Gasteiger partial charge is 0.338 e. The Hall–Kier alpha value is -2.76. The van der Waals surface area contributed by atoms with Crippen molar-refractivity contribution in [3.63, 3.8) is 0 Å². The van der Waals surface area contributed by atoms with E-state index in [9.17, 15) is 9.59 Å². The molecule has 6 heteroatoms. The lowest BCUT2D eigenvalue weighted by Crippen LogP contribution is -2.49. The highest BCUT2D eigenvalue weighted by molar-refractivity contribution is 5.95. The second kappa shape index (κ2) is 6.86. The highest BCUT2D eigenvalue weighted by Crippen LogP contribution is 2.41. The average Bonchev–Trinajstić information content (AvgIpc) is 2.98. The van der Waals surface area contributed by atoms with Gasteiger partial charge in [-0.05, 0) is 49.1 Å². The molecule has 0 radical (unpaired) electrons. The molecule has 1 spiro atoms. The van der Waals surface area contributed by atoms with Crippen molar-refractivity contribution >= 4 is 11.8 Å². The van der Waals surface area contributed by atoms with Crippen molar-refractivity contribution in [2.24, 2.45) is 5.41 Å². The van der Waals surface area contributed by atoms with Crippen LogP contribution < -0.4 is 0 Å². The van der Waals surface area contributed by atoms with Crippen molar-refractivity contribution < 1.29 is 9.59 Å². The van der Waals surface area contributed by atoms with Crippen molar-refractivity contribution in [1.29, 1.82) is 0 Å².